The molecule has 0 bridgehead atoms. The zero-order chi connectivity index (χ0) is 9.92. The summed E-state index contributed by atoms with van der Waals surface area (Å²) >= 11 is 0. The van der Waals surface area contributed by atoms with E-state index in [0.29, 0.717) is 11.0 Å². The summed E-state index contributed by atoms with van der Waals surface area (Å²) in [6, 6.07) is 5.34. The van der Waals surface area contributed by atoms with Gasteiger partial charge in [-0.05, 0) is 23.3 Å². The Morgan fingerprint density at radius 1 is 1.43 bits per heavy atom. The molecule has 0 amide bonds. The molecule has 3 rings (SSSR count). The average Bonchev–Trinajstić information content (AvgIpc) is 2.77. The van der Waals surface area contributed by atoms with Gasteiger partial charge in [0.15, 0.2) is 9.84 Å². The van der Waals surface area contributed by atoms with Gasteiger partial charge >= 0.3 is 0 Å². The number of benzene rings is 1. The lowest BCUT2D eigenvalue weighted by molar-refractivity contribution is 0.360. The Morgan fingerprint density at radius 3 is 2.93 bits per heavy atom. The predicted molar refractivity (Wildman–Crippen MR) is 50.9 cm³/mol. The summed E-state index contributed by atoms with van der Waals surface area (Å²) in [7, 11) is -3.08. The van der Waals surface area contributed by atoms with Gasteiger partial charge in [0.25, 0.3) is 0 Å². The monoisotopic (exact) mass is 210 g/mol. The Labute approximate surface area is 82.6 Å². The van der Waals surface area contributed by atoms with Crippen molar-refractivity contribution in [3.05, 3.63) is 29.3 Å². The number of ether oxygens (including phenoxy) is 1. The number of hydrogen-bond acceptors (Lipinski definition) is 3. The Balaban J connectivity index is 2.16. The SMILES string of the molecule is CS(=O)(=O)c1ccc2c(c1)[C@H]1O[C@H]1C2. The largest absolute Gasteiger partial charge is 0.364 e. The minimum Gasteiger partial charge on any atom is -0.364 e. The molecule has 0 saturated carbocycles. The molecule has 0 unspecified atom stereocenters. The van der Waals surface area contributed by atoms with Crippen molar-refractivity contribution in [2.24, 2.45) is 0 Å². The number of hydrogen-bond donors (Lipinski definition) is 0. The number of epoxide rings is 1. The van der Waals surface area contributed by atoms with Gasteiger partial charge < -0.3 is 4.74 Å². The first-order valence-electron chi connectivity index (χ1n) is 4.54. The fourth-order valence-electron chi connectivity index (χ4n) is 2.04. The number of sulfone groups is 1. The van der Waals surface area contributed by atoms with E-state index in [1.54, 1.807) is 12.1 Å². The van der Waals surface area contributed by atoms with E-state index in [0.717, 1.165) is 12.0 Å². The third-order valence-electron chi connectivity index (χ3n) is 2.86. The highest BCUT2D eigenvalue weighted by Gasteiger charge is 2.47. The maximum absolute atomic E-state index is 11.3. The van der Waals surface area contributed by atoms with Crippen molar-refractivity contribution in [1.29, 1.82) is 0 Å². The minimum absolute atomic E-state index is 0.173. The normalized spacial score (nSPS) is 28.4. The highest BCUT2D eigenvalue weighted by Crippen LogP contribution is 2.49. The van der Waals surface area contributed by atoms with E-state index in [2.05, 4.69) is 0 Å². The van der Waals surface area contributed by atoms with E-state index in [4.69, 9.17) is 4.74 Å². The smallest absolute Gasteiger partial charge is 0.175 e. The third-order valence-corrected chi connectivity index (χ3v) is 3.97. The number of fused-ring (bicyclic) bond motifs is 3. The van der Waals surface area contributed by atoms with Crippen LogP contribution in [0, 0.1) is 0 Å². The van der Waals surface area contributed by atoms with Gasteiger partial charge in [-0.3, -0.25) is 0 Å². The molecule has 74 valence electrons. The van der Waals surface area contributed by atoms with Crippen molar-refractivity contribution >= 4 is 9.84 Å². The first-order valence-corrected chi connectivity index (χ1v) is 6.43. The van der Waals surface area contributed by atoms with E-state index < -0.39 is 9.84 Å². The lowest BCUT2D eigenvalue weighted by Gasteiger charge is -2.04. The second-order valence-electron chi connectivity index (χ2n) is 3.93. The van der Waals surface area contributed by atoms with Gasteiger partial charge in [0.1, 0.15) is 6.10 Å². The van der Waals surface area contributed by atoms with Crippen molar-refractivity contribution in [3.8, 4) is 0 Å². The van der Waals surface area contributed by atoms with Crippen LogP contribution in [0.3, 0.4) is 0 Å². The first kappa shape index (κ1) is 8.44. The van der Waals surface area contributed by atoms with Gasteiger partial charge in [-0.2, -0.15) is 0 Å². The van der Waals surface area contributed by atoms with Crippen LogP contribution in [0.5, 0.6) is 0 Å². The summed E-state index contributed by atoms with van der Waals surface area (Å²) in [5, 5.41) is 0. The zero-order valence-electron chi connectivity index (χ0n) is 7.73. The van der Waals surface area contributed by atoms with Crippen LogP contribution in [0.4, 0.5) is 0 Å². The van der Waals surface area contributed by atoms with Gasteiger partial charge in [-0.1, -0.05) is 6.07 Å². The number of rotatable bonds is 1. The maximum Gasteiger partial charge on any atom is 0.175 e. The molecule has 0 radical (unpaired) electrons. The fourth-order valence-corrected chi connectivity index (χ4v) is 2.70. The average molecular weight is 210 g/mol. The molecule has 0 N–H and O–H groups in total. The third kappa shape index (κ3) is 1.11. The van der Waals surface area contributed by atoms with Crippen LogP contribution in [0.25, 0.3) is 0 Å². The lowest BCUT2D eigenvalue weighted by Crippen LogP contribution is -1.99. The molecule has 1 aromatic carbocycles. The summed E-state index contributed by atoms with van der Waals surface area (Å²) < 4.78 is 28.0. The summed E-state index contributed by atoms with van der Waals surface area (Å²) in [5.74, 6) is 0. The molecule has 1 fully saturated rings. The van der Waals surface area contributed by atoms with Crippen molar-refractivity contribution < 1.29 is 13.2 Å². The second-order valence-corrected chi connectivity index (χ2v) is 5.95. The summed E-state index contributed by atoms with van der Waals surface area (Å²) in [6.07, 6.45) is 2.66. The maximum atomic E-state index is 11.3. The summed E-state index contributed by atoms with van der Waals surface area (Å²) in [5.41, 5.74) is 2.30. The Kier molecular flexibility index (Phi) is 1.43. The van der Waals surface area contributed by atoms with Crippen molar-refractivity contribution in [3.63, 3.8) is 0 Å². The summed E-state index contributed by atoms with van der Waals surface area (Å²) in [4.78, 5) is 0.396. The Morgan fingerprint density at radius 2 is 2.21 bits per heavy atom. The standard InChI is InChI=1S/C10H10O3S/c1-14(11,12)7-3-2-6-4-9-10(13-9)8(6)5-7/h2-3,5,9-10H,4H2,1H3/t9-,10+/m0/s1. The molecular weight excluding hydrogens is 200 g/mol. The highest BCUT2D eigenvalue weighted by molar-refractivity contribution is 7.90. The van der Waals surface area contributed by atoms with Crippen LogP contribution in [0.2, 0.25) is 0 Å². The zero-order valence-corrected chi connectivity index (χ0v) is 8.54. The quantitative estimate of drug-likeness (QED) is 0.652. The van der Waals surface area contributed by atoms with Crippen LogP contribution in [0.15, 0.2) is 23.1 Å². The minimum atomic E-state index is -3.08. The van der Waals surface area contributed by atoms with Crippen LogP contribution >= 0.6 is 0 Å². The second kappa shape index (κ2) is 2.38. The molecule has 1 saturated heterocycles. The van der Waals surface area contributed by atoms with Gasteiger partial charge in [0.05, 0.1) is 11.0 Å². The van der Waals surface area contributed by atoms with E-state index in [-0.39, 0.29) is 6.10 Å². The van der Waals surface area contributed by atoms with E-state index >= 15 is 0 Å². The Hall–Kier alpha value is -0.870. The molecule has 2 aliphatic rings. The molecule has 2 atom stereocenters. The molecule has 1 heterocycles. The van der Waals surface area contributed by atoms with Crippen LogP contribution in [0.1, 0.15) is 17.2 Å². The summed E-state index contributed by atoms with van der Waals surface area (Å²) in [6.45, 7) is 0. The molecule has 4 heteroatoms. The van der Waals surface area contributed by atoms with Crippen molar-refractivity contribution in [2.75, 3.05) is 6.26 Å². The van der Waals surface area contributed by atoms with Gasteiger partial charge in [-0.25, -0.2) is 8.42 Å². The molecule has 0 aromatic heterocycles. The molecule has 3 nitrogen and oxygen atoms in total. The van der Waals surface area contributed by atoms with E-state index in [1.165, 1.54) is 11.8 Å². The van der Waals surface area contributed by atoms with Gasteiger partial charge in [-0.15, -0.1) is 0 Å². The topological polar surface area (TPSA) is 46.7 Å². The van der Waals surface area contributed by atoms with Crippen molar-refractivity contribution in [1.82, 2.24) is 0 Å². The van der Waals surface area contributed by atoms with Crippen LogP contribution in [-0.4, -0.2) is 20.8 Å². The molecule has 1 aliphatic heterocycles. The lowest BCUT2D eigenvalue weighted by atomic mass is 10.1. The van der Waals surface area contributed by atoms with E-state index in [1.807, 2.05) is 6.07 Å². The molecule has 1 aromatic rings. The van der Waals surface area contributed by atoms with Gasteiger partial charge in [0, 0.05) is 12.7 Å². The van der Waals surface area contributed by atoms with Crippen molar-refractivity contribution in [2.45, 2.75) is 23.5 Å². The predicted octanol–water partition coefficient (Wildman–Crippen LogP) is 1.09. The molecule has 1 aliphatic carbocycles. The van der Waals surface area contributed by atoms with Gasteiger partial charge in [0.2, 0.25) is 0 Å². The molecule has 14 heavy (non-hydrogen) atoms. The van der Waals surface area contributed by atoms with Crippen LogP contribution in [-0.2, 0) is 21.0 Å². The Bertz CT molecular complexity index is 504. The first-order chi connectivity index (χ1) is 6.55. The van der Waals surface area contributed by atoms with Crippen LogP contribution < -0.4 is 0 Å². The molecular formula is C10H10O3S. The highest BCUT2D eigenvalue weighted by atomic mass is 32.2. The van der Waals surface area contributed by atoms with E-state index in [9.17, 15) is 8.42 Å². The molecule has 0 spiro atoms. The fraction of sp³-hybridized carbons (Fsp3) is 0.400.